The van der Waals surface area contributed by atoms with Crippen LogP contribution in [0.25, 0.3) is 0 Å². The van der Waals surface area contributed by atoms with E-state index in [9.17, 15) is 14.0 Å². The lowest BCUT2D eigenvalue weighted by Gasteiger charge is -2.12. The highest BCUT2D eigenvalue weighted by atomic mass is 32.1. The standard InChI is InChI=1S/C17H21FN4O2S/c1-17(2,3)15-21-22-16(25-15)20-14(24)9-8-13(23)19-10-11-4-6-12(18)7-5-11/h4-7H,8-10H2,1-3H3,(H,19,23)(H,20,22,24). The van der Waals surface area contributed by atoms with E-state index in [0.29, 0.717) is 11.7 Å². The summed E-state index contributed by atoms with van der Waals surface area (Å²) >= 11 is 1.33. The number of hydrogen-bond donors (Lipinski definition) is 2. The summed E-state index contributed by atoms with van der Waals surface area (Å²) in [7, 11) is 0. The highest BCUT2D eigenvalue weighted by Crippen LogP contribution is 2.27. The number of nitrogens with one attached hydrogen (secondary N) is 2. The van der Waals surface area contributed by atoms with Gasteiger partial charge in [0.2, 0.25) is 16.9 Å². The molecule has 0 saturated carbocycles. The third-order valence-corrected chi connectivity index (χ3v) is 4.56. The lowest BCUT2D eigenvalue weighted by molar-refractivity contribution is -0.124. The number of rotatable bonds is 6. The van der Waals surface area contributed by atoms with Gasteiger partial charge in [0.1, 0.15) is 10.8 Å². The fourth-order valence-corrected chi connectivity index (χ4v) is 2.69. The van der Waals surface area contributed by atoms with Crippen LogP contribution in [0.15, 0.2) is 24.3 Å². The molecule has 0 spiro atoms. The molecule has 0 fully saturated rings. The molecular weight excluding hydrogens is 343 g/mol. The average Bonchev–Trinajstić information content (AvgIpc) is 3.01. The van der Waals surface area contributed by atoms with E-state index >= 15 is 0 Å². The first kappa shape index (κ1) is 19.0. The number of aromatic nitrogens is 2. The van der Waals surface area contributed by atoms with Gasteiger partial charge in [0, 0.05) is 24.8 Å². The SMILES string of the molecule is CC(C)(C)c1nnc(NC(=O)CCC(=O)NCc2ccc(F)cc2)s1. The maximum absolute atomic E-state index is 12.8. The van der Waals surface area contributed by atoms with Gasteiger partial charge in [-0.3, -0.25) is 9.59 Å². The first-order valence-electron chi connectivity index (χ1n) is 7.89. The van der Waals surface area contributed by atoms with Crippen molar-refractivity contribution >= 4 is 28.3 Å². The van der Waals surface area contributed by atoms with Crippen molar-refractivity contribution in [2.45, 2.75) is 45.6 Å². The second-order valence-corrected chi connectivity index (χ2v) is 7.59. The van der Waals surface area contributed by atoms with E-state index in [1.54, 1.807) is 12.1 Å². The molecule has 0 atom stereocenters. The Morgan fingerprint density at radius 2 is 1.72 bits per heavy atom. The van der Waals surface area contributed by atoms with Gasteiger partial charge in [-0.05, 0) is 17.7 Å². The van der Waals surface area contributed by atoms with Crippen LogP contribution in [-0.2, 0) is 21.5 Å². The number of hydrogen-bond acceptors (Lipinski definition) is 5. The van der Waals surface area contributed by atoms with Crippen molar-refractivity contribution in [2.75, 3.05) is 5.32 Å². The third kappa shape index (κ3) is 6.22. The average molecular weight is 364 g/mol. The summed E-state index contributed by atoms with van der Waals surface area (Å²) in [4.78, 5) is 23.7. The van der Waals surface area contributed by atoms with Gasteiger partial charge in [-0.1, -0.05) is 44.2 Å². The summed E-state index contributed by atoms with van der Waals surface area (Å²) in [5, 5.41) is 14.6. The highest BCUT2D eigenvalue weighted by Gasteiger charge is 2.20. The summed E-state index contributed by atoms with van der Waals surface area (Å²) in [6.45, 7) is 6.35. The molecule has 0 aliphatic rings. The Morgan fingerprint density at radius 3 is 2.32 bits per heavy atom. The Morgan fingerprint density at radius 1 is 1.08 bits per heavy atom. The van der Waals surface area contributed by atoms with Crippen LogP contribution >= 0.6 is 11.3 Å². The van der Waals surface area contributed by atoms with Crippen LogP contribution in [0.2, 0.25) is 0 Å². The molecule has 6 nitrogen and oxygen atoms in total. The van der Waals surface area contributed by atoms with Crippen LogP contribution < -0.4 is 10.6 Å². The van der Waals surface area contributed by atoms with E-state index in [1.165, 1.54) is 23.5 Å². The maximum Gasteiger partial charge on any atom is 0.226 e. The molecule has 0 aliphatic heterocycles. The summed E-state index contributed by atoms with van der Waals surface area (Å²) in [5.41, 5.74) is 0.670. The van der Waals surface area contributed by atoms with E-state index < -0.39 is 0 Å². The molecule has 2 aromatic rings. The zero-order valence-electron chi connectivity index (χ0n) is 14.4. The molecule has 0 aliphatic carbocycles. The molecule has 0 bridgehead atoms. The Kier molecular flexibility index (Phi) is 6.19. The maximum atomic E-state index is 12.8. The molecule has 134 valence electrons. The number of anilines is 1. The van der Waals surface area contributed by atoms with E-state index in [1.807, 2.05) is 20.8 Å². The number of carbonyl (C=O) groups is 2. The monoisotopic (exact) mass is 364 g/mol. The van der Waals surface area contributed by atoms with Crippen molar-refractivity contribution < 1.29 is 14.0 Å². The van der Waals surface area contributed by atoms with Crippen molar-refractivity contribution in [1.82, 2.24) is 15.5 Å². The van der Waals surface area contributed by atoms with Crippen molar-refractivity contribution in [2.24, 2.45) is 0 Å². The fourth-order valence-electron chi connectivity index (χ4n) is 1.88. The Hall–Kier alpha value is -2.35. The predicted molar refractivity (Wildman–Crippen MR) is 94.7 cm³/mol. The van der Waals surface area contributed by atoms with Gasteiger partial charge in [0.25, 0.3) is 0 Å². The van der Waals surface area contributed by atoms with Gasteiger partial charge >= 0.3 is 0 Å². The quantitative estimate of drug-likeness (QED) is 0.825. The van der Waals surface area contributed by atoms with Crippen LogP contribution in [0.1, 0.15) is 44.2 Å². The van der Waals surface area contributed by atoms with Crippen molar-refractivity contribution in [3.8, 4) is 0 Å². The molecule has 0 radical (unpaired) electrons. The number of halogens is 1. The molecule has 2 N–H and O–H groups in total. The van der Waals surface area contributed by atoms with Crippen LogP contribution in [0.4, 0.5) is 9.52 Å². The first-order chi connectivity index (χ1) is 11.7. The minimum atomic E-state index is -0.321. The second kappa shape index (κ2) is 8.15. The van der Waals surface area contributed by atoms with E-state index in [0.717, 1.165) is 10.6 Å². The molecule has 2 rings (SSSR count). The van der Waals surface area contributed by atoms with Gasteiger partial charge in [-0.25, -0.2) is 4.39 Å². The Balaban J connectivity index is 1.73. The molecule has 1 aromatic heterocycles. The van der Waals surface area contributed by atoms with Gasteiger partial charge in [0.05, 0.1) is 0 Å². The van der Waals surface area contributed by atoms with Crippen molar-refractivity contribution in [3.63, 3.8) is 0 Å². The summed E-state index contributed by atoms with van der Waals surface area (Å²) in [6, 6.07) is 5.88. The molecular formula is C17H21FN4O2S. The number of carbonyl (C=O) groups excluding carboxylic acids is 2. The largest absolute Gasteiger partial charge is 0.352 e. The topological polar surface area (TPSA) is 84.0 Å². The highest BCUT2D eigenvalue weighted by molar-refractivity contribution is 7.15. The van der Waals surface area contributed by atoms with Gasteiger partial charge < -0.3 is 10.6 Å². The van der Waals surface area contributed by atoms with Crippen LogP contribution in [0.3, 0.4) is 0 Å². The molecule has 0 saturated heterocycles. The van der Waals surface area contributed by atoms with Crippen LogP contribution in [0, 0.1) is 5.82 Å². The molecule has 8 heteroatoms. The predicted octanol–water partition coefficient (Wildman–Crippen LogP) is 3.01. The first-order valence-corrected chi connectivity index (χ1v) is 8.70. The summed E-state index contributed by atoms with van der Waals surface area (Å²) in [5.74, 6) is -0.848. The number of nitrogens with zero attached hydrogens (tertiary/aromatic N) is 2. The summed E-state index contributed by atoms with van der Waals surface area (Å²) < 4.78 is 12.8. The smallest absolute Gasteiger partial charge is 0.226 e. The molecule has 1 aromatic carbocycles. The Bertz CT molecular complexity index is 738. The van der Waals surface area contributed by atoms with Crippen LogP contribution in [-0.4, -0.2) is 22.0 Å². The molecule has 25 heavy (non-hydrogen) atoms. The van der Waals surface area contributed by atoms with E-state index in [-0.39, 0.29) is 35.9 Å². The molecule has 2 amide bonds. The lowest BCUT2D eigenvalue weighted by Crippen LogP contribution is -2.24. The summed E-state index contributed by atoms with van der Waals surface area (Å²) in [6.07, 6.45) is 0.123. The number of benzene rings is 1. The van der Waals surface area contributed by atoms with E-state index in [2.05, 4.69) is 20.8 Å². The van der Waals surface area contributed by atoms with Gasteiger partial charge in [-0.2, -0.15) is 0 Å². The van der Waals surface area contributed by atoms with Gasteiger partial charge in [-0.15, -0.1) is 10.2 Å². The van der Waals surface area contributed by atoms with Gasteiger partial charge in [0.15, 0.2) is 0 Å². The molecule has 0 unspecified atom stereocenters. The van der Waals surface area contributed by atoms with Crippen LogP contribution in [0.5, 0.6) is 0 Å². The van der Waals surface area contributed by atoms with E-state index in [4.69, 9.17) is 0 Å². The number of amides is 2. The Labute approximate surface area is 149 Å². The fraction of sp³-hybridized carbons (Fsp3) is 0.412. The zero-order chi connectivity index (χ0) is 18.4. The zero-order valence-corrected chi connectivity index (χ0v) is 15.2. The minimum Gasteiger partial charge on any atom is -0.352 e. The third-order valence-electron chi connectivity index (χ3n) is 3.30. The minimum absolute atomic E-state index is 0.0552. The van der Waals surface area contributed by atoms with Crippen molar-refractivity contribution in [3.05, 3.63) is 40.7 Å². The second-order valence-electron chi connectivity index (χ2n) is 6.61. The van der Waals surface area contributed by atoms with Crippen molar-refractivity contribution in [1.29, 1.82) is 0 Å². The normalized spacial score (nSPS) is 11.2. The lowest BCUT2D eigenvalue weighted by atomic mass is 9.98. The molecule has 1 heterocycles.